The van der Waals surface area contributed by atoms with E-state index < -0.39 is 0 Å². The molecule has 5 rings (SSSR count). The van der Waals surface area contributed by atoms with E-state index in [0.717, 1.165) is 22.6 Å². The maximum Gasteiger partial charge on any atom is 0.228 e. The van der Waals surface area contributed by atoms with Crippen molar-refractivity contribution >= 4 is 34.0 Å². The minimum Gasteiger partial charge on any atom is -0.494 e. The van der Waals surface area contributed by atoms with Gasteiger partial charge >= 0.3 is 0 Å². The van der Waals surface area contributed by atoms with E-state index >= 15 is 0 Å². The first kappa shape index (κ1) is 20.6. The van der Waals surface area contributed by atoms with Gasteiger partial charge < -0.3 is 9.64 Å². The summed E-state index contributed by atoms with van der Waals surface area (Å²) in [5.41, 5.74) is 4.26. The highest BCUT2D eigenvalue weighted by Gasteiger charge is 2.35. The Morgan fingerprint density at radius 2 is 1.69 bits per heavy atom. The molecule has 0 N–H and O–H groups in total. The van der Waals surface area contributed by atoms with Crippen molar-refractivity contribution in [1.82, 2.24) is 0 Å². The number of nitrogens with zero attached hydrogens (tertiary/aromatic N) is 1. The molecule has 1 aliphatic heterocycles. The van der Waals surface area contributed by atoms with Crippen LogP contribution in [0.5, 0.6) is 5.75 Å². The smallest absolute Gasteiger partial charge is 0.228 e. The molecule has 0 saturated carbocycles. The van der Waals surface area contributed by atoms with Crippen LogP contribution in [0.15, 0.2) is 84.9 Å². The highest BCUT2D eigenvalue weighted by molar-refractivity contribution is 6.30. The number of amides is 1. The summed E-state index contributed by atoms with van der Waals surface area (Å²) in [5, 5.41) is 3.04. The fourth-order valence-corrected chi connectivity index (χ4v) is 4.80. The lowest BCUT2D eigenvalue weighted by molar-refractivity contribution is -0.119. The molecular weight excluding hydrogens is 418 g/mol. The van der Waals surface area contributed by atoms with Gasteiger partial charge in [-0.1, -0.05) is 72.3 Å². The van der Waals surface area contributed by atoms with Gasteiger partial charge in [0.1, 0.15) is 5.75 Å². The topological polar surface area (TPSA) is 29.5 Å². The van der Waals surface area contributed by atoms with Crippen molar-refractivity contribution in [2.75, 3.05) is 11.5 Å². The molecule has 4 aromatic carbocycles. The van der Waals surface area contributed by atoms with E-state index in [1.54, 1.807) is 0 Å². The molecule has 3 nitrogen and oxygen atoms in total. The van der Waals surface area contributed by atoms with Crippen LogP contribution in [0, 0.1) is 0 Å². The molecule has 160 valence electrons. The Hall–Kier alpha value is -3.30. The Kier molecular flexibility index (Phi) is 5.59. The Bertz CT molecular complexity index is 1280. The number of anilines is 1. The number of hydrogen-bond donors (Lipinski definition) is 0. The number of rotatable bonds is 5. The van der Waals surface area contributed by atoms with Crippen molar-refractivity contribution in [2.24, 2.45) is 0 Å². The third-order valence-electron chi connectivity index (χ3n) is 6.11. The fraction of sp³-hybridized carbons (Fsp3) is 0.179. The van der Waals surface area contributed by atoms with E-state index in [4.69, 9.17) is 16.3 Å². The quantitative estimate of drug-likeness (QED) is 0.335. The lowest BCUT2D eigenvalue weighted by Crippen LogP contribution is -2.36. The Morgan fingerprint density at radius 1 is 0.938 bits per heavy atom. The predicted molar refractivity (Wildman–Crippen MR) is 131 cm³/mol. The number of hydrogen-bond acceptors (Lipinski definition) is 2. The number of ether oxygens (including phenoxy) is 1. The van der Waals surface area contributed by atoms with Gasteiger partial charge in [-0.05, 0) is 53.1 Å². The van der Waals surface area contributed by atoms with Gasteiger partial charge in [-0.3, -0.25) is 4.79 Å². The summed E-state index contributed by atoms with van der Waals surface area (Å²) in [4.78, 5) is 15.4. The average Bonchev–Trinajstić information content (AvgIpc) is 2.82. The van der Waals surface area contributed by atoms with Crippen molar-refractivity contribution in [3.8, 4) is 5.75 Å². The summed E-state index contributed by atoms with van der Waals surface area (Å²) >= 11 is 6.06. The minimum absolute atomic E-state index is 0.0622. The van der Waals surface area contributed by atoms with Gasteiger partial charge in [-0.15, -0.1) is 0 Å². The van der Waals surface area contributed by atoms with E-state index in [2.05, 4.69) is 42.5 Å². The maximum absolute atomic E-state index is 13.5. The number of benzene rings is 4. The standard InChI is InChI=1S/C28H24ClNO2/c1-2-32-26-10-6-5-9-23(26)24-17-27(31)30(18-19-11-14-21(29)15-12-19)25-16-13-20-7-3-4-8-22(20)28(24)25/h3-16,24H,2,17-18H2,1H3. The molecule has 0 fully saturated rings. The third kappa shape index (κ3) is 3.74. The summed E-state index contributed by atoms with van der Waals surface area (Å²) in [5.74, 6) is 0.893. The summed E-state index contributed by atoms with van der Waals surface area (Å²) in [7, 11) is 0. The monoisotopic (exact) mass is 441 g/mol. The van der Waals surface area contributed by atoms with Crippen LogP contribution in [-0.2, 0) is 11.3 Å². The Labute approximate surface area is 193 Å². The van der Waals surface area contributed by atoms with E-state index in [0.29, 0.717) is 24.6 Å². The summed E-state index contributed by atoms with van der Waals surface area (Å²) < 4.78 is 5.95. The van der Waals surface area contributed by atoms with Gasteiger partial charge in [-0.25, -0.2) is 0 Å². The van der Waals surface area contributed by atoms with Crippen molar-refractivity contribution in [2.45, 2.75) is 25.8 Å². The zero-order chi connectivity index (χ0) is 22.1. The van der Waals surface area contributed by atoms with Crippen molar-refractivity contribution in [1.29, 1.82) is 0 Å². The normalized spacial score (nSPS) is 15.6. The van der Waals surface area contributed by atoms with Crippen LogP contribution in [-0.4, -0.2) is 12.5 Å². The van der Waals surface area contributed by atoms with Crippen LogP contribution in [0.25, 0.3) is 10.8 Å². The molecule has 32 heavy (non-hydrogen) atoms. The van der Waals surface area contributed by atoms with Crippen LogP contribution >= 0.6 is 11.6 Å². The van der Waals surface area contributed by atoms with Gasteiger partial charge in [0, 0.05) is 28.6 Å². The van der Waals surface area contributed by atoms with E-state index in [1.165, 1.54) is 16.3 Å². The van der Waals surface area contributed by atoms with Gasteiger partial charge in [0.15, 0.2) is 0 Å². The van der Waals surface area contributed by atoms with Gasteiger partial charge in [0.05, 0.1) is 13.2 Å². The Balaban J connectivity index is 1.68. The predicted octanol–water partition coefficient (Wildman–Crippen LogP) is 6.96. The minimum atomic E-state index is -0.0622. The van der Waals surface area contributed by atoms with Crippen molar-refractivity contribution < 1.29 is 9.53 Å². The molecule has 1 aliphatic rings. The lowest BCUT2D eigenvalue weighted by atomic mass is 9.80. The van der Waals surface area contributed by atoms with E-state index in [1.807, 2.05) is 54.3 Å². The molecule has 1 amide bonds. The molecule has 0 bridgehead atoms. The lowest BCUT2D eigenvalue weighted by Gasteiger charge is -2.36. The molecule has 1 heterocycles. The molecule has 0 aromatic heterocycles. The number of halogens is 1. The number of carbonyl (C=O) groups excluding carboxylic acids is 1. The Morgan fingerprint density at radius 3 is 2.50 bits per heavy atom. The molecule has 1 atom stereocenters. The summed E-state index contributed by atoms with van der Waals surface area (Å²) in [6, 6.07) is 28.4. The van der Waals surface area contributed by atoms with E-state index in [9.17, 15) is 4.79 Å². The zero-order valence-corrected chi connectivity index (χ0v) is 18.7. The van der Waals surface area contributed by atoms with Gasteiger partial charge in [0.25, 0.3) is 0 Å². The van der Waals surface area contributed by atoms with Crippen molar-refractivity contribution in [3.05, 3.63) is 107 Å². The van der Waals surface area contributed by atoms with Crippen LogP contribution < -0.4 is 9.64 Å². The van der Waals surface area contributed by atoms with E-state index in [-0.39, 0.29) is 11.8 Å². The van der Waals surface area contributed by atoms with Crippen LogP contribution in [0.1, 0.15) is 36.0 Å². The maximum atomic E-state index is 13.5. The van der Waals surface area contributed by atoms with Crippen LogP contribution in [0.2, 0.25) is 5.02 Å². The average molecular weight is 442 g/mol. The summed E-state index contributed by atoms with van der Waals surface area (Å²) in [6.07, 6.45) is 0.401. The molecule has 4 aromatic rings. The SMILES string of the molecule is CCOc1ccccc1C1CC(=O)N(Cc2ccc(Cl)cc2)c2ccc3ccccc3c21. The largest absolute Gasteiger partial charge is 0.494 e. The second-order valence-electron chi connectivity index (χ2n) is 8.05. The molecular formula is C28H24ClNO2. The molecule has 1 unspecified atom stereocenters. The first-order chi connectivity index (χ1) is 15.7. The van der Waals surface area contributed by atoms with Crippen LogP contribution in [0.3, 0.4) is 0 Å². The highest BCUT2D eigenvalue weighted by Crippen LogP contribution is 2.46. The molecule has 0 aliphatic carbocycles. The van der Waals surface area contributed by atoms with Crippen molar-refractivity contribution in [3.63, 3.8) is 0 Å². The number of carbonyl (C=O) groups is 1. The van der Waals surface area contributed by atoms with Crippen LogP contribution in [0.4, 0.5) is 5.69 Å². The highest BCUT2D eigenvalue weighted by atomic mass is 35.5. The van der Waals surface area contributed by atoms with Gasteiger partial charge in [0.2, 0.25) is 5.91 Å². The molecule has 0 spiro atoms. The summed E-state index contributed by atoms with van der Waals surface area (Å²) in [6.45, 7) is 3.09. The molecule has 0 radical (unpaired) electrons. The first-order valence-corrected chi connectivity index (χ1v) is 11.3. The number of fused-ring (bicyclic) bond motifs is 3. The second-order valence-corrected chi connectivity index (χ2v) is 8.49. The van der Waals surface area contributed by atoms with Gasteiger partial charge in [-0.2, -0.15) is 0 Å². The first-order valence-electron chi connectivity index (χ1n) is 10.9. The molecule has 0 saturated heterocycles. The zero-order valence-electron chi connectivity index (χ0n) is 17.9. The second kappa shape index (κ2) is 8.68. The fourth-order valence-electron chi connectivity index (χ4n) is 4.67. The third-order valence-corrected chi connectivity index (χ3v) is 6.37. The number of para-hydroxylation sites is 1. The molecule has 4 heteroatoms.